The summed E-state index contributed by atoms with van der Waals surface area (Å²) in [7, 11) is 0. The molecule has 0 saturated carbocycles. The molecule has 2 heterocycles. The van der Waals surface area contributed by atoms with Crippen LogP contribution in [0.3, 0.4) is 0 Å². The number of urea groups is 1. The van der Waals surface area contributed by atoms with Crippen molar-refractivity contribution in [1.29, 1.82) is 0 Å². The molecule has 4 N–H and O–H groups in total. The number of pyridine rings is 1. The van der Waals surface area contributed by atoms with Gasteiger partial charge in [-0.3, -0.25) is 0 Å². The number of imidazole rings is 1. The molecule has 194 valence electrons. The van der Waals surface area contributed by atoms with E-state index >= 15 is 0 Å². The van der Waals surface area contributed by atoms with Gasteiger partial charge in [0.05, 0.1) is 23.3 Å². The summed E-state index contributed by atoms with van der Waals surface area (Å²) in [5.74, 6) is -0.534. The van der Waals surface area contributed by atoms with Gasteiger partial charge in [0, 0.05) is 30.3 Å². The maximum atomic E-state index is 13.2. The lowest BCUT2D eigenvalue weighted by molar-refractivity contribution is -0.137. The SMILES string of the molecule is NC(=O)OC(=O)c1cc(Oc2ccc(NC(=O)Nc3cc(C(F)(F)F)ccc3-n3ccnc3)cc2)ccn1. The van der Waals surface area contributed by atoms with Gasteiger partial charge >= 0.3 is 24.3 Å². The number of rotatable bonds is 6. The van der Waals surface area contributed by atoms with Crippen LogP contribution in [0.25, 0.3) is 5.69 Å². The molecule has 0 saturated heterocycles. The topological polar surface area (TPSA) is 150 Å². The second kappa shape index (κ2) is 10.7. The van der Waals surface area contributed by atoms with Gasteiger partial charge in [-0.1, -0.05) is 0 Å². The van der Waals surface area contributed by atoms with Gasteiger partial charge in [-0.05, 0) is 48.5 Å². The summed E-state index contributed by atoms with van der Waals surface area (Å²) in [6, 6.07) is 10.8. The molecule has 2 aromatic heterocycles. The number of nitrogens with two attached hydrogens (primary N) is 1. The zero-order valence-corrected chi connectivity index (χ0v) is 19.1. The molecule has 0 aliphatic carbocycles. The van der Waals surface area contributed by atoms with Crippen molar-refractivity contribution in [2.75, 3.05) is 10.6 Å². The Morgan fingerprint density at radius 3 is 2.34 bits per heavy atom. The maximum Gasteiger partial charge on any atom is 0.416 e. The molecule has 0 bridgehead atoms. The molecule has 4 aromatic rings. The quantitative estimate of drug-likeness (QED) is 0.237. The Bertz CT molecular complexity index is 1470. The minimum Gasteiger partial charge on any atom is -0.457 e. The van der Waals surface area contributed by atoms with Crippen LogP contribution in [-0.2, 0) is 10.9 Å². The third-order valence-electron chi connectivity index (χ3n) is 4.84. The van der Waals surface area contributed by atoms with Crippen LogP contribution < -0.4 is 21.1 Å². The second-order valence-electron chi connectivity index (χ2n) is 7.49. The molecule has 4 rings (SSSR count). The number of halogens is 3. The average molecular weight is 526 g/mol. The van der Waals surface area contributed by atoms with Crippen molar-refractivity contribution in [3.05, 3.63) is 90.8 Å². The molecule has 0 radical (unpaired) electrons. The third kappa shape index (κ3) is 6.42. The van der Waals surface area contributed by atoms with Crippen LogP contribution >= 0.6 is 0 Å². The molecule has 11 nitrogen and oxygen atoms in total. The van der Waals surface area contributed by atoms with Crippen molar-refractivity contribution in [2.45, 2.75) is 6.18 Å². The number of esters is 1. The Labute approximate surface area is 212 Å². The number of nitrogens with one attached hydrogen (secondary N) is 2. The summed E-state index contributed by atoms with van der Waals surface area (Å²) < 4.78 is 51.0. The van der Waals surface area contributed by atoms with Gasteiger partial charge < -0.3 is 30.4 Å². The summed E-state index contributed by atoms with van der Waals surface area (Å²) in [5, 5.41) is 4.96. The summed E-state index contributed by atoms with van der Waals surface area (Å²) in [6.07, 6.45) is -0.258. The lowest BCUT2D eigenvalue weighted by atomic mass is 10.1. The highest BCUT2D eigenvalue weighted by Crippen LogP contribution is 2.33. The highest BCUT2D eigenvalue weighted by Gasteiger charge is 2.31. The number of carbonyl (C=O) groups excluding carboxylic acids is 3. The van der Waals surface area contributed by atoms with Crippen molar-refractivity contribution in [2.24, 2.45) is 5.73 Å². The molecular formula is C24H17F3N6O5. The van der Waals surface area contributed by atoms with Gasteiger partial charge in [-0.25, -0.2) is 24.4 Å². The molecule has 3 amide bonds. The zero-order valence-electron chi connectivity index (χ0n) is 19.1. The van der Waals surface area contributed by atoms with Crippen molar-refractivity contribution >= 4 is 29.5 Å². The minimum absolute atomic E-state index is 0.0846. The number of alkyl halides is 3. The molecule has 38 heavy (non-hydrogen) atoms. The van der Waals surface area contributed by atoms with Crippen LogP contribution in [0, 0.1) is 0 Å². The number of anilines is 2. The zero-order chi connectivity index (χ0) is 27.3. The monoisotopic (exact) mass is 526 g/mol. The van der Waals surface area contributed by atoms with Gasteiger partial charge in [0.1, 0.15) is 11.5 Å². The predicted octanol–water partition coefficient (Wildman–Crippen LogP) is 4.96. The molecule has 0 fully saturated rings. The predicted molar refractivity (Wildman–Crippen MR) is 127 cm³/mol. The molecule has 14 heteroatoms. The lowest BCUT2D eigenvalue weighted by Gasteiger charge is -2.15. The van der Waals surface area contributed by atoms with E-state index in [9.17, 15) is 27.6 Å². The molecule has 2 aromatic carbocycles. The van der Waals surface area contributed by atoms with Crippen LogP contribution in [0.5, 0.6) is 11.5 Å². The smallest absolute Gasteiger partial charge is 0.416 e. The fourth-order valence-corrected chi connectivity index (χ4v) is 3.20. The highest BCUT2D eigenvalue weighted by molar-refractivity contribution is 6.01. The van der Waals surface area contributed by atoms with Crippen LogP contribution in [0.2, 0.25) is 0 Å². The second-order valence-corrected chi connectivity index (χ2v) is 7.49. The molecule has 0 aliphatic heterocycles. The number of aromatic nitrogens is 3. The normalized spacial score (nSPS) is 10.9. The van der Waals surface area contributed by atoms with Crippen molar-refractivity contribution in [3.63, 3.8) is 0 Å². The summed E-state index contributed by atoms with van der Waals surface area (Å²) in [4.78, 5) is 42.7. The fourth-order valence-electron chi connectivity index (χ4n) is 3.20. The standard InChI is InChI=1S/C24H17F3N6O5/c25-24(26,27)14-1-6-20(33-10-9-29-13-33)18(11-14)32-23(36)31-15-2-4-16(5-3-15)37-17-7-8-30-19(12-17)21(34)38-22(28)35/h1-13H,(H2,28,35)(H2,31,32,36). The van der Waals surface area contributed by atoms with Crippen molar-refractivity contribution < 1.29 is 37.0 Å². The first-order chi connectivity index (χ1) is 18.1. The van der Waals surface area contributed by atoms with E-state index in [0.29, 0.717) is 11.4 Å². The number of hydrogen-bond acceptors (Lipinski definition) is 7. The minimum atomic E-state index is -4.60. The number of amides is 3. The first kappa shape index (κ1) is 25.7. The maximum absolute atomic E-state index is 13.2. The van der Waals surface area contributed by atoms with Crippen molar-refractivity contribution in [1.82, 2.24) is 14.5 Å². The van der Waals surface area contributed by atoms with Crippen LogP contribution in [0.15, 0.2) is 79.5 Å². The summed E-state index contributed by atoms with van der Waals surface area (Å²) in [5.41, 5.74) is 4.19. The van der Waals surface area contributed by atoms with Gasteiger partial charge in [-0.2, -0.15) is 13.2 Å². The van der Waals surface area contributed by atoms with Crippen LogP contribution in [0.1, 0.15) is 16.1 Å². The van der Waals surface area contributed by atoms with E-state index < -0.39 is 29.8 Å². The third-order valence-corrected chi connectivity index (χ3v) is 4.84. The molecule has 0 aliphatic rings. The van der Waals surface area contributed by atoms with E-state index in [1.807, 2.05) is 0 Å². The van der Waals surface area contributed by atoms with Gasteiger partial charge in [0.15, 0.2) is 5.69 Å². The Balaban J connectivity index is 1.44. The summed E-state index contributed by atoms with van der Waals surface area (Å²) in [6.45, 7) is 0. The van der Waals surface area contributed by atoms with Gasteiger partial charge in [0.25, 0.3) is 0 Å². The molecule has 0 unspecified atom stereocenters. The molecular weight excluding hydrogens is 509 g/mol. The Kier molecular flexibility index (Phi) is 7.23. The summed E-state index contributed by atoms with van der Waals surface area (Å²) >= 11 is 0. The van der Waals surface area contributed by atoms with E-state index in [-0.39, 0.29) is 22.8 Å². The Morgan fingerprint density at radius 1 is 0.921 bits per heavy atom. The van der Waals surface area contributed by atoms with Crippen molar-refractivity contribution in [3.8, 4) is 17.2 Å². The van der Waals surface area contributed by atoms with Gasteiger partial charge in [-0.15, -0.1) is 0 Å². The first-order valence-electron chi connectivity index (χ1n) is 10.6. The van der Waals surface area contributed by atoms with Crippen LogP contribution in [-0.4, -0.2) is 32.6 Å². The molecule has 0 spiro atoms. The van der Waals surface area contributed by atoms with E-state index in [1.54, 1.807) is 0 Å². The largest absolute Gasteiger partial charge is 0.457 e. The van der Waals surface area contributed by atoms with E-state index in [1.165, 1.54) is 71.9 Å². The van der Waals surface area contributed by atoms with Gasteiger partial charge in [0.2, 0.25) is 0 Å². The fraction of sp³-hybridized carbons (Fsp3) is 0.0417. The highest BCUT2D eigenvalue weighted by atomic mass is 19.4. The number of hydrogen-bond donors (Lipinski definition) is 3. The average Bonchev–Trinajstić information content (AvgIpc) is 3.39. The first-order valence-corrected chi connectivity index (χ1v) is 10.6. The number of ether oxygens (including phenoxy) is 2. The Hall–Kier alpha value is -5.40. The van der Waals surface area contributed by atoms with E-state index in [4.69, 9.17) is 10.5 Å². The molecule has 0 atom stereocenters. The van der Waals surface area contributed by atoms with E-state index in [0.717, 1.165) is 12.1 Å². The number of nitrogens with zero attached hydrogens (tertiary/aromatic N) is 3. The lowest BCUT2D eigenvalue weighted by Crippen LogP contribution is -2.21. The number of primary amides is 1. The number of carbonyl (C=O) groups is 3. The number of benzene rings is 2. The van der Waals surface area contributed by atoms with Crippen LogP contribution in [0.4, 0.5) is 34.1 Å². The van der Waals surface area contributed by atoms with E-state index in [2.05, 4.69) is 25.3 Å². The Morgan fingerprint density at radius 2 is 1.68 bits per heavy atom.